The smallest absolute Gasteiger partial charge is 0.399 e. The molecule has 0 spiro atoms. The van der Waals surface area contributed by atoms with Gasteiger partial charge in [-0.3, -0.25) is 0 Å². The highest BCUT2D eigenvalue weighted by Gasteiger charge is 2.73. The molecule has 0 saturated carbocycles. The zero-order valence-electron chi connectivity index (χ0n) is 12.6. The van der Waals surface area contributed by atoms with Crippen molar-refractivity contribution in [2.24, 2.45) is 0 Å². The molecule has 2 nitrogen and oxygen atoms in total. The van der Waals surface area contributed by atoms with Gasteiger partial charge in [0.15, 0.2) is 0 Å². The van der Waals surface area contributed by atoms with Crippen LogP contribution in [-0.4, -0.2) is 19.0 Å². The zero-order valence-corrected chi connectivity index (χ0v) is 12.6. The second kappa shape index (κ2) is 7.42. The van der Waals surface area contributed by atoms with E-state index in [9.17, 15) is 26.3 Å². The fourth-order valence-electron chi connectivity index (χ4n) is 2.21. The summed E-state index contributed by atoms with van der Waals surface area (Å²) < 4.78 is 84.6. The van der Waals surface area contributed by atoms with Crippen LogP contribution in [0.15, 0.2) is 24.3 Å². The minimum Gasteiger partial charge on any atom is -0.399 e. The van der Waals surface area contributed by atoms with Gasteiger partial charge in [0.1, 0.15) is 0 Å². The van der Waals surface area contributed by atoms with Crippen LogP contribution in [0.4, 0.5) is 32.0 Å². The van der Waals surface area contributed by atoms with Gasteiger partial charge in [-0.1, -0.05) is 38.3 Å². The Morgan fingerprint density at radius 2 is 1.39 bits per heavy atom. The average molecular weight is 343 g/mol. The fourth-order valence-corrected chi connectivity index (χ4v) is 2.21. The predicted octanol–water partition coefficient (Wildman–Crippen LogP) is 5.19. The Kier molecular flexibility index (Phi) is 6.33. The molecular formula is C15H19F6NO. The van der Waals surface area contributed by atoms with Crippen molar-refractivity contribution in [2.45, 2.75) is 50.6 Å². The molecule has 0 aliphatic carbocycles. The maximum Gasteiger partial charge on any atom is 0.430 e. The van der Waals surface area contributed by atoms with Gasteiger partial charge in [0, 0.05) is 17.9 Å². The molecule has 0 aliphatic heterocycles. The van der Waals surface area contributed by atoms with Crippen LogP contribution in [-0.2, 0) is 10.3 Å². The summed E-state index contributed by atoms with van der Waals surface area (Å²) in [4.78, 5) is 0. The Morgan fingerprint density at radius 1 is 0.870 bits per heavy atom. The topological polar surface area (TPSA) is 35.2 Å². The standard InChI is InChI=1S/C15H19F6NO/c1-2-3-4-5-10-23-13(14(16,17)18,15(19,20)21)11-6-8-12(22)9-7-11/h6-9H,2-5,10,22H2,1H3. The number of rotatable bonds is 7. The summed E-state index contributed by atoms with van der Waals surface area (Å²) in [5.74, 6) is 0. The van der Waals surface area contributed by atoms with Crippen molar-refractivity contribution in [3.05, 3.63) is 29.8 Å². The monoisotopic (exact) mass is 343 g/mol. The Labute approximate surface area is 130 Å². The summed E-state index contributed by atoms with van der Waals surface area (Å²) in [7, 11) is 0. The number of hydrogen-bond acceptors (Lipinski definition) is 2. The minimum absolute atomic E-state index is 0.0648. The van der Waals surface area contributed by atoms with Gasteiger partial charge in [0.25, 0.3) is 5.60 Å². The highest BCUT2D eigenvalue weighted by Crippen LogP contribution is 2.53. The Morgan fingerprint density at radius 3 is 1.83 bits per heavy atom. The Hall–Kier alpha value is -1.44. The van der Waals surface area contributed by atoms with Crippen LogP contribution in [0.5, 0.6) is 0 Å². The lowest BCUT2D eigenvalue weighted by Gasteiger charge is -2.37. The molecule has 0 amide bonds. The highest BCUT2D eigenvalue weighted by atomic mass is 19.4. The third-order valence-corrected chi connectivity index (χ3v) is 3.43. The first-order valence-electron chi connectivity index (χ1n) is 7.19. The molecule has 23 heavy (non-hydrogen) atoms. The largest absolute Gasteiger partial charge is 0.430 e. The molecular weight excluding hydrogens is 324 g/mol. The van der Waals surface area contributed by atoms with Crippen molar-refractivity contribution >= 4 is 5.69 Å². The molecule has 132 valence electrons. The lowest BCUT2D eigenvalue weighted by Crippen LogP contribution is -2.56. The zero-order chi connectivity index (χ0) is 17.7. The Bertz CT molecular complexity index is 466. The van der Waals surface area contributed by atoms with Gasteiger partial charge in [-0.2, -0.15) is 26.3 Å². The number of ether oxygens (including phenoxy) is 1. The summed E-state index contributed by atoms with van der Waals surface area (Å²) >= 11 is 0. The van der Waals surface area contributed by atoms with E-state index >= 15 is 0 Å². The number of nitrogens with two attached hydrogens (primary N) is 1. The molecule has 0 atom stereocenters. The minimum atomic E-state index is -5.65. The quantitative estimate of drug-likeness (QED) is 0.420. The molecule has 8 heteroatoms. The first-order valence-corrected chi connectivity index (χ1v) is 7.19. The van der Waals surface area contributed by atoms with Crippen LogP contribution in [0.25, 0.3) is 0 Å². The van der Waals surface area contributed by atoms with E-state index in [4.69, 9.17) is 5.73 Å². The highest BCUT2D eigenvalue weighted by molar-refractivity contribution is 5.42. The van der Waals surface area contributed by atoms with Crippen molar-refractivity contribution in [3.63, 3.8) is 0 Å². The van der Waals surface area contributed by atoms with Crippen LogP contribution < -0.4 is 5.73 Å². The molecule has 0 fully saturated rings. The molecule has 0 radical (unpaired) electrons. The van der Waals surface area contributed by atoms with Crippen LogP contribution in [0.1, 0.15) is 38.2 Å². The van der Waals surface area contributed by atoms with E-state index in [1.807, 2.05) is 6.92 Å². The normalized spacial score (nSPS) is 13.3. The Balaban J connectivity index is 3.19. The lowest BCUT2D eigenvalue weighted by atomic mass is 9.91. The summed E-state index contributed by atoms with van der Waals surface area (Å²) in [6.45, 7) is 1.24. The lowest BCUT2D eigenvalue weighted by molar-refractivity contribution is -0.389. The summed E-state index contributed by atoms with van der Waals surface area (Å²) in [5.41, 5.74) is 0.0314. The van der Waals surface area contributed by atoms with Crippen LogP contribution in [0.3, 0.4) is 0 Å². The summed E-state index contributed by atoms with van der Waals surface area (Å²) in [5, 5.41) is 0. The van der Waals surface area contributed by atoms with Crippen LogP contribution in [0, 0.1) is 0 Å². The third kappa shape index (κ3) is 4.31. The number of anilines is 1. The first-order chi connectivity index (χ1) is 10.6. The van der Waals surface area contributed by atoms with E-state index in [0.717, 1.165) is 25.0 Å². The second-order valence-electron chi connectivity index (χ2n) is 5.21. The number of benzene rings is 1. The first kappa shape index (κ1) is 19.6. The van der Waals surface area contributed by atoms with E-state index < -0.39 is 30.1 Å². The van der Waals surface area contributed by atoms with E-state index in [0.29, 0.717) is 18.6 Å². The van der Waals surface area contributed by atoms with Gasteiger partial charge >= 0.3 is 12.4 Å². The van der Waals surface area contributed by atoms with Gasteiger partial charge < -0.3 is 10.5 Å². The molecule has 1 aromatic rings. The summed E-state index contributed by atoms with van der Waals surface area (Å²) in [6, 6.07) is 3.37. The van der Waals surface area contributed by atoms with Gasteiger partial charge in [0.05, 0.1) is 0 Å². The van der Waals surface area contributed by atoms with E-state index in [1.165, 1.54) is 0 Å². The van der Waals surface area contributed by atoms with E-state index in [-0.39, 0.29) is 12.1 Å². The second-order valence-corrected chi connectivity index (χ2v) is 5.21. The number of hydrogen-bond donors (Lipinski definition) is 1. The van der Waals surface area contributed by atoms with Crippen molar-refractivity contribution in [3.8, 4) is 0 Å². The number of nitrogen functional groups attached to an aromatic ring is 1. The maximum absolute atomic E-state index is 13.4. The van der Waals surface area contributed by atoms with Crippen LogP contribution >= 0.6 is 0 Å². The molecule has 1 rings (SSSR count). The average Bonchev–Trinajstić information content (AvgIpc) is 2.41. The van der Waals surface area contributed by atoms with Gasteiger partial charge in [-0.25, -0.2) is 0 Å². The summed E-state index contributed by atoms with van der Waals surface area (Å²) in [6.07, 6.45) is -9.14. The molecule has 0 aliphatic rings. The predicted molar refractivity (Wildman–Crippen MR) is 74.7 cm³/mol. The van der Waals surface area contributed by atoms with Gasteiger partial charge in [-0.05, 0) is 18.6 Å². The molecule has 0 saturated heterocycles. The SMILES string of the molecule is CCCCCCOC(c1ccc(N)cc1)(C(F)(F)F)C(F)(F)F. The van der Waals surface area contributed by atoms with Crippen molar-refractivity contribution in [1.29, 1.82) is 0 Å². The van der Waals surface area contributed by atoms with Crippen LogP contribution in [0.2, 0.25) is 0 Å². The number of unbranched alkanes of at least 4 members (excludes halogenated alkanes) is 3. The maximum atomic E-state index is 13.4. The number of alkyl halides is 6. The van der Waals surface area contributed by atoms with Crippen molar-refractivity contribution in [2.75, 3.05) is 12.3 Å². The number of halogens is 6. The third-order valence-electron chi connectivity index (χ3n) is 3.43. The van der Waals surface area contributed by atoms with E-state index in [2.05, 4.69) is 4.74 Å². The molecule has 1 aromatic carbocycles. The fraction of sp³-hybridized carbons (Fsp3) is 0.600. The van der Waals surface area contributed by atoms with Gasteiger partial charge in [0.2, 0.25) is 0 Å². The molecule has 0 unspecified atom stereocenters. The van der Waals surface area contributed by atoms with Crippen molar-refractivity contribution in [1.82, 2.24) is 0 Å². The molecule has 0 aromatic heterocycles. The van der Waals surface area contributed by atoms with Gasteiger partial charge in [-0.15, -0.1) is 0 Å². The molecule has 0 bridgehead atoms. The molecule has 0 heterocycles. The van der Waals surface area contributed by atoms with E-state index in [1.54, 1.807) is 0 Å². The molecule has 2 N–H and O–H groups in total. The van der Waals surface area contributed by atoms with Crippen molar-refractivity contribution < 1.29 is 31.1 Å².